The van der Waals surface area contributed by atoms with Gasteiger partial charge >= 0.3 is 0 Å². The Kier molecular flexibility index (Phi) is 11.1. The van der Waals surface area contributed by atoms with Crippen molar-refractivity contribution >= 4 is 29.9 Å². The first kappa shape index (κ1) is 25.4. The zero-order valence-electron chi connectivity index (χ0n) is 18.9. The lowest BCUT2D eigenvalue weighted by Crippen LogP contribution is -2.36. The molecule has 6 nitrogen and oxygen atoms in total. The first-order valence-electron chi connectivity index (χ1n) is 10.7. The van der Waals surface area contributed by atoms with E-state index in [-0.39, 0.29) is 24.0 Å². The summed E-state index contributed by atoms with van der Waals surface area (Å²) >= 11 is 0. The van der Waals surface area contributed by atoms with Crippen molar-refractivity contribution in [2.45, 2.75) is 26.1 Å². The van der Waals surface area contributed by atoms with Crippen LogP contribution in [0.15, 0.2) is 53.5 Å². The van der Waals surface area contributed by atoms with Gasteiger partial charge in [-0.3, -0.25) is 9.89 Å². The first-order valence-corrected chi connectivity index (χ1v) is 10.7. The summed E-state index contributed by atoms with van der Waals surface area (Å²) in [5.74, 6) is 1.66. The number of nitrogens with one attached hydrogen (secondary N) is 2. The van der Waals surface area contributed by atoms with Crippen molar-refractivity contribution in [2.24, 2.45) is 4.99 Å². The minimum atomic E-state index is 0. The van der Waals surface area contributed by atoms with Crippen LogP contribution in [0.4, 0.5) is 0 Å². The maximum atomic E-state index is 5.41. The summed E-state index contributed by atoms with van der Waals surface area (Å²) in [6, 6.07) is 16.9. The van der Waals surface area contributed by atoms with E-state index >= 15 is 0 Å². The van der Waals surface area contributed by atoms with Gasteiger partial charge in [0.15, 0.2) is 5.96 Å². The normalized spacial score (nSPS) is 15.6. The third-order valence-electron chi connectivity index (χ3n) is 5.56. The molecule has 1 heterocycles. The second kappa shape index (κ2) is 13.5. The number of methoxy groups -OCH3 is 1. The van der Waals surface area contributed by atoms with E-state index in [1.807, 2.05) is 18.2 Å². The highest BCUT2D eigenvalue weighted by Gasteiger charge is 2.12. The van der Waals surface area contributed by atoms with E-state index in [0.717, 1.165) is 43.5 Å². The number of hydrogen-bond donors (Lipinski definition) is 2. The quantitative estimate of drug-likeness (QED) is 0.323. The number of para-hydroxylation sites is 1. The summed E-state index contributed by atoms with van der Waals surface area (Å²) in [6.07, 6.45) is 1.25. The molecule has 1 aliphatic heterocycles. The topological polar surface area (TPSA) is 52.1 Å². The summed E-state index contributed by atoms with van der Waals surface area (Å²) in [7, 11) is 5.70. The molecule has 0 saturated carbocycles. The number of aliphatic imine (C=N–C) groups is 1. The molecule has 7 heteroatoms. The summed E-state index contributed by atoms with van der Waals surface area (Å²) in [6.45, 7) is 7.12. The van der Waals surface area contributed by atoms with E-state index in [0.29, 0.717) is 6.54 Å². The van der Waals surface area contributed by atoms with Crippen LogP contribution in [0.25, 0.3) is 0 Å². The fraction of sp³-hybridized carbons (Fsp3) is 0.458. The van der Waals surface area contributed by atoms with Crippen LogP contribution in [0.1, 0.15) is 23.1 Å². The highest BCUT2D eigenvalue weighted by molar-refractivity contribution is 14.0. The molecule has 0 radical (unpaired) electrons. The van der Waals surface area contributed by atoms with Gasteiger partial charge in [-0.05, 0) is 43.8 Å². The molecular formula is C24H36IN5O. The fourth-order valence-electron chi connectivity index (χ4n) is 3.71. The van der Waals surface area contributed by atoms with E-state index in [2.05, 4.69) is 62.8 Å². The molecule has 0 atom stereocenters. The summed E-state index contributed by atoms with van der Waals surface area (Å²) < 4.78 is 5.41. The van der Waals surface area contributed by atoms with Crippen molar-refractivity contribution in [3.63, 3.8) is 0 Å². The van der Waals surface area contributed by atoms with Gasteiger partial charge in [0.2, 0.25) is 0 Å². The predicted octanol–water partition coefficient (Wildman–Crippen LogP) is 3.32. The first-order chi connectivity index (χ1) is 14.7. The Morgan fingerprint density at radius 3 is 2.39 bits per heavy atom. The largest absolute Gasteiger partial charge is 0.496 e. The lowest BCUT2D eigenvalue weighted by Gasteiger charge is -2.20. The van der Waals surface area contributed by atoms with E-state index in [4.69, 9.17) is 4.74 Å². The molecule has 170 valence electrons. The molecule has 0 aromatic heterocycles. The molecule has 3 rings (SSSR count). The van der Waals surface area contributed by atoms with E-state index in [1.54, 1.807) is 14.2 Å². The number of likely N-dealkylation sites (N-methyl/N-ethyl adjacent to an activating group) is 1. The van der Waals surface area contributed by atoms with Crippen molar-refractivity contribution in [1.29, 1.82) is 0 Å². The van der Waals surface area contributed by atoms with Crippen molar-refractivity contribution in [3.8, 4) is 5.75 Å². The molecule has 0 spiro atoms. The molecule has 2 aromatic rings. The van der Waals surface area contributed by atoms with Crippen LogP contribution in [0.3, 0.4) is 0 Å². The van der Waals surface area contributed by atoms with Crippen LogP contribution in [0.5, 0.6) is 5.75 Å². The number of guanidine groups is 1. The van der Waals surface area contributed by atoms with Crippen LogP contribution in [0.2, 0.25) is 0 Å². The Labute approximate surface area is 204 Å². The standard InChI is InChI=1S/C24H35N5O.HI/c1-25-24(27-18-22-7-4-5-8-23(22)30-3)26-17-20-9-11-21(12-10-20)19-29-14-6-13-28(2)15-16-29;/h4-5,7-12H,6,13-19H2,1-3H3,(H2,25,26,27);1H. The van der Waals surface area contributed by atoms with Crippen molar-refractivity contribution < 1.29 is 4.74 Å². The maximum Gasteiger partial charge on any atom is 0.191 e. The molecule has 1 saturated heterocycles. The van der Waals surface area contributed by atoms with Crippen LogP contribution in [-0.4, -0.2) is 63.1 Å². The van der Waals surface area contributed by atoms with Crippen LogP contribution < -0.4 is 15.4 Å². The van der Waals surface area contributed by atoms with Gasteiger partial charge in [-0.25, -0.2) is 0 Å². The van der Waals surface area contributed by atoms with Crippen molar-refractivity contribution in [1.82, 2.24) is 20.4 Å². The van der Waals surface area contributed by atoms with Crippen LogP contribution >= 0.6 is 24.0 Å². The van der Waals surface area contributed by atoms with E-state index in [1.165, 1.54) is 30.6 Å². The van der Waals surface area contributed by atoms with Gasteiger partial charge in [0.25, 0.3) is 0 Å². The third kappa shape index (κ3) is 8.31. The average molecular weight is 537 g/mol. The molecule has 31 heavy (non-hydrogen) atoms. The van der Waals surface area contributed by atoms with Gasteiger partial charge in [-0.15, -0.1) is 24.0 Å². The van der Waals surface area contributed by atoms with Gasteiger partial charge in [0.05, 0.1) is 7.11 Å². The van der Waals surface area contributed by atoms with Crippen LogP contribution in [0, 0.1) is 0 Å². The summed E-state index contributed by atoms with van der Waals surface area (Å²) in [5.41, 5.74) is 3.73. The van der Waals surface area contributed by atoms with Crippen molar-refractivity contribution in [3.05, 3.63) is 65.2 Å². The van der Waals surface area contributed by atoms with E-state index in [9.17, 15) is 0 Å². The number of hydrogen-bond acceptors (Lipinski definition) is 4. The number of benzene rings is 2. The molecule has 2 N–H and O–H groups in total. The number of nitrogens with zero attached hydrogens (tertiary/aromatic N) is 3. The lowest BCUT2D eigenvalue weighted by molar-refractivity contribution is 0.269. The molecule has 2 aromatic carbocycles. The summed E-state index contributed by atoms with van der Waals surface area (Å²) in [5, 5.41) is 6.74. The molecular weight excluding hydrogens is 501 g/mol. The number of ether oxygens (including phenoxy) is 1. The van der Waals surface area contributed by atoms with Gasteiger partial charge in [0, 0.05) is 45.3 Å². The molecule has 0 bridgehead atoms. The Morgan fingerprint density at radius 2 is 1.65 bits per heavy atom. The Bertz CT molecular complexity index is 812. The van der Waals surface area contributed by atoms with Crippen LogP contribution in [-0.2, 0) is 19.6 Å². The van der Waals surface area contributed by atoms with Crippen molar-refractivity contribution in [2.75, 3.05) is 47.4 Å². The zero-order valence-corrected chi connectivity index (χ0v) is 21.3. The van der Waals surface area contributed by atoms with Gasteiger partial charge in [-0.2, -0.15) is 0 Å². The molecule has 1 fully saturated rings. The van der Waals surface area contributed by atoms with Gasteiger partial charge in [0.1, 0.15) is 5.75 Å². The minimum Gasteiger partial charge on any atom is -0.496 e. The lowest BCUT2D eigenvalue weighted by atomic mass is 10.1. The summed E-state index contributed by atoms with van der Waals surface area (Å²) in [4.78, 5) is 9.30. The Hall–Kier alpha value is -1.84. The smallest absolute Gasteiger partial charge is 0.191 e. The van der Waals surface area contributed by atoms with Gasteiger partial charge in [-0.1, -0.05) is 42.5 Å². The SMILES string of the molecule is CN=C(NCc1ccc(CN2CCCN(C)CC2)cc1)NCc1ccccc1OC.I. The minimum absolute atomic E-state index is 0. The predicted molar refractivity (Wildman–Crippen MR) is 139 cm³/mol. The zero-order chi connectivity index (χ0) is 21.2. The molecule has 1 aliphatic rings. The highest BCUT2D eigenvalue weighted by Crippen LogP contribution is 2.16. The molecule has 0 unspecified atom stereocenters. The van der Waals surface area contributed by atoms with Gasteiger partial charge < -0.3 is 20.3 Å². The Morgan fingerprint density at radius 1 is 0.935 bits per heavy atom. The molecule has 0 aliphatic carbocycles. The Balaban J connectivity index is 0.00000341. The second-order valence-corrected chi connectivity index (χ2v) is 7.84. The number of halogens is 1. The molecule has 0 amide bonds. The highest BCUT2D eigenvalue weighted by atomic mass is 127. The fourth-order valence-corrected chi connectivity index (χ4v) is 3.71. The maximum absolute atomic E-state index is 5.41. The monoisotopic (exact) mass is 537 g/mol. The van der Waals surface area contributed by atoms with E-state index < -0.39 is 0 Å². The second-order valence-electron chi connectivity index (χ2n) is 7.84. The third-order valence-corrected chi connectivity index (χ3v) is 5.56. The average Bonchev–Trinajstić information content (AvgIpc) is 2.99. The number of rotatable bonds is 7.